The average Bonchev–Trinajstić information content (AvgIpc) is 3.15. The minimum absolute atomic E-state index is 0.0112. The van der Waals surface area contributed by atoms with Gasteiger partial charge in [0.2, 0.25) is 5.82 Å². The Morgan fingerprint density at radius 2 is 2.23 bits per heavy atom. The first kappa shape index (κ1) is 14.7. The van der Waals surface area contributed by atoms with E-state index in [0.717, 1.165) is 30.5 Å². The van der Waals surface area contributed by atoms with Crippen LogP contribution in [0.1, 0.15) is 45.4 Å². The molecule has 3 heterocycles. The first-order valence-electron chi connectivity index (χ1n) is 7.09. The summed E-state index contributed by atoms with van der Waals surface area (Å²) in [5.41, 5.74) is 6.95. The molecule has 0 aromatic carbocycles. The number of primary amides is 1. The molecule has 2 amide bonds. The quantitative estimate of drug-likeness (QED) is 0.920. The average molecular weight is 319 g/mol. The van der Waals surface area contributed by atoms with Crippen molar-refractivity contribution < 1.29 is 9.59 Å². The highest BCUT2D eigenvalue weighted by atomic mass is 32.1. The van der Waals surface area contributed by atoms with Gasteiger partial charge >= 0.3 is 0 Å². The van der Waals surface area contributed by atoms with Gasteiger partial charge in [-0.15, -0.1) is 5.10 Å². The number of rotatable bonds is 3. The molecule has 2 aromatic heterocycles. The van der Waals surface area contributed by atoms with E-state index in [-0.39, 0.29) is 17.8 Å². The zero-order valence-corrected chi connectivity index (χ0v) is 13.0. The van der Waals surface area contributed by atoms with Crippen LogP contribution in [0.4, 0.5) is 0 Å². The third kappa shape index (κ3) is 2.74. The van der Waals surface area contributed by atoms with E-state index in [1.165, 1.54) is 17.7 Å². The Labute approximate surface area is 131 Å². The minimum Gasteiger partial charge on any atom is -0.363 e. The zero-order valence-electron chi connectivity index (χ0n) is 12.2. The fourth-order valence-corrected chi connectivity index (χ4v) is 3.49. The smallest absolute Gasteiger partial charge is 0.288 e. The summed E-state index contributed by atoms with van der Waals surface area (Å²) in [4.78, 5) is 29.4. The lowest BCUT2D eigenvalue weighted by molar-refractivity contribution is 0.0671. The maximum Gasteiger partial charge on any atom is 0.288 e. The third-order valence-electron chi connectivity index (χ3n) is 3.87. The lowest BCUT2D eigenvalue weighted by Gasteiger charge is -2.32. The van der Waals surface area contributed by atoms with Crippen molar-refractivity contribution in [1.82, 2.24) is 19.7 Å². The molecule has 1 fully saturated rings. The van der Waals surface area contributed by atoms with E-state index < -0.39 is 5.91 Å². The van der Waals surface area contributed by atoms with Crippen LogP contribution in [0.5, 0.6) is 0 Å². The first-order valence-corrected chi connectivity index (χ1v) is 8.03. The molecule has 2 aromatic rings. The van der Waals surface area contributed by atoms with Gasteiger partial charge in [0, 0.05) is 18.5 Å². The lowest BCUT2D eigenvalue weighted by Crippen LogP contribution is -2.41. The summed E-state index contributed by atoms with van der Waals surface area (Å²) in [6.45, 7) is 3.25. The zero-order chi connectivity index (χ0) is 15.7. The lowest BCUT2D eigenvalue weighted by atomic mass is 10.0. The third-order valence-corrected chi connectivity index (χ3v) is 4.73. The summed E-state index contributed by atoms with van der Waals surface area (Å²) >= 11 is 1.54. The Morgan fingerprint density at radius 1 is 1.41 bits per heavy atom. The predicted octanol–water partition coefficient (Wildman–Crippen LogP) is 1.22. The van der Waals surface area contributed by atoms with Gasteiger partial charge in [-0.05, 0) is 30.7 Å². The largest absolute Gasteiger partial charge is 0.363 e. The summed E-state index contributed by atoms with van der Waals surface area (Å²) in [5, 5.41) is 7.97. The molecule has 1 atom stereocenters. The summed E-state index contributed by atoms with van der Waals surface area (Å²) in [5.74, 6) is -0.577. The van der Waals surface area contributed by atoms with Crippen molar-refractivity contribution in [3.8, 4) is 0 Å². The molecule has 0 saturated carbocycles. The number of nitrogens with zero attached hydrogens (tertiary/aromatic N) is 4. The molecule has 116 valence electrons. The number of carbonyl (C=O) groups is 2. The molecule has 1 unspecified atom stereocenters. The van der Waals surface area contributed by atoms with Gasteiger partial charge in [0.05, 0.1) is 11.6 Å². The van der Waals surface area contributed by atoms with E-state index in [9.17, 15) is 9.59 Å². The number of aryl methyl sites for hydroxylation is 1. The Morgan fingerprint density at radius 3 is 2.86 bits per heavy atom. The van der Waals surface area contributed by atoms with Crippen LogP contribution in [0.2, 0.25) is 0 Å². The van der Waals surface area contributed by atoms with E-state index in [2.05, 4.69) is 10.1 Å². The molecule has 7 nitrogen and oxygen atoms in total. The molecule has 8 heteroatoms. The molecule has 1 saturated heterocycles. The van der Waals surface area contributed by atoms with Gasteiger partial charge in [0.15, 0.2) is 0 Å². The van der Waals surface area contributed by atoms with E-state index in [0.29, 0.717) is 6.54 Å². The number of piperidine rings is 1. The molecule has 1 aliphatic heterocycles. The minimum atomic E-state index is -0.642. The molecular formula is C14H17N5O2S. The van der Waals surface area contributed by atoms with Crippen molar-refractivity contribution in [2.75, 3.05) is 13.1 Å². The number of thiophene rings is 1. The molecule has 1 aliphatic rings. The van der Waals surface area contributed by atoms with Crippen LogP contribution < -0.4 is 5.73 Å². The van der Waals surface area contributed by atoms with Crippen LogP contribution >= 0.6 is 11.3 Å². The second-order valence-corrected chi connectivity index (χ2v) is 6.17. The number of amides is 2. The molecule has 2 N–H and O–H groups in total. The number of hydrogen-bond acceptors (Lipinski definition) is 5. The highest BCUT2D eigenvalue weighted by Gasteiger charge is 2.27. The van der Waals surface area contributed by atoms with E-state index in [1.54, 1.807) is 4.68 Å². The number of aromatic nitrogens is 3. The van der Waals surface area contributed by atoms with E-state index in [1.807, 2.05) is 22.6 Å². The molecule has 22 heavy (non-hydrogen) atoms. The first-order chi connectivity index (χ1) is 10.6. The SMILES string of the molecule is Cc1cscc1C(=O)N1CCCC(n2cnc(C(N)=O)n2)C1. The standard InChI is InChI=1S/C14H17N5O2S/c1-9-6-22-7-11(9)14(21)18-4-2-3-10(5-18)19-8-16-13(17-19)12(15)20/h6-8,10H,2-5H2,1H3,(H2,15,20). The van der Waals surface area contributed by atoms with Gasteiger partial charge < -0.3 is 10.6 Å². The van der Waals surface area contributed by atoms with Crippen molar-refractivity contribution >= 4 is 23.2 Å². The van der Waals surface area contributed by atoms with Crippen LogP contribution in [0.25, 0.3) is 0 Å². The van der Waals surface area contributed by atoms with Gasteiger partial charge in [0.1, 0.15) is 6.33 Å². The summed E-state index contributed by atoms with van der Waals surface area (Å²) in [6.07, 6.45) is 3.30. The number of carbonyl (C=O) groups excluding carboxylic acids is 2. The molecule has 0 bridgehead atoms. The van der Waals surface area contributed by atoms with Gasteiger partial charge in [-0.25, -0.2) is 9.67 Å². The number of nitrogens with two attached hydrogens (primary N) is 1. The van der Waals surface area contributed by atoms with Crippen LogP contribution in [-0.2, 0) is 0 Å². The predicted molar refractivity (Wildman–Crippen MR) is 81.8 cm³/mol. The van der Waals surface area contributed by atoms with E-state index >= 15 is 0 Å². The van der Waals surface area contributed by atoms with Crippen LogP contribution in [0, 0.1) is 6.92 Å². The van der Waals surface area contributed by atoms with Gasteiger partial charge in [-0.1, -0.05) is 0 Å². The van der Waals surface area contributed by atoms with E-state index in [4.69, 9.17) is 5.73 Å². The van der Waals surface area contributed by atoms with Gasteiger partial charge in [-0.2, -0.15) is 11.3 Å². The van der Waals surface area contributed by atoms with Crippen LogP contribution in [0.3, 0.4) is 0 Å². The molecule has 3 rings (SSSR count). The highest BCUT2D eigenvalue weighted by Crippen LogP contribution is 2.24. The van der Waals surface area contributed by atoms with Crippen LogP contribution in [0.15, 0.2) is 17.1 Å². The van der Waals surface area contributed by atoms with Crippen LogP contribution in [-0.4, -0.2) is 44.6 Å². The van der Waals surface area contributed by atoms with Gasteiger partial charge in [-0.3, -0.25) is 9.59 Å². The number of likely N-dealkylation sites (tertiary alicyclic amines) is 1. The summed E-state index contributed by atoms with van der Waals surface area (Å²) < 4.78 is 1.64. The Kier molecular flexibility index (Phi) is 3.93. The van der Waals surface area contributed by atoms with Crippen molar-refractivity contribution in [2.45, 2.75) is 25.8 Å². The Bertz CT molecular complexity index is 708. The molecule has 0 spiro atoms. The molecular weight excluding hydrogens is 302 g/mol. The summed E-state index contributed by atoms with van der Waals surface area (Å²) in [6, 6.07) is 0.0252. The normalized spacial score (nSPS) is 18.4. The van der Waals surface area contributed by atoms with Crippen molar-refractivity contribution in [3.63, 3.8) is 0 Å². The fraction of sp³-hybridized carbons (Fsp3) is 0.429. The Balaban J connectivity index is 1.75. The summed E-state index contributed by atoms with van der Waals surface area (Å²) in [7, 11) is 0. The second-order valence-electron chi connectivity index (χ2n) is 5.43. The maximum absolute atomic E-state index is 12.6. The fourth-order valence-electron chi connectivity index (χ4n) is 2.67. The monoisotopic (exact) mass is 319 g/mol. The van der Waals surface area contributed by atoms with Gasteiger partial charge in [0.25, 0.3) is 11.8 Å². The molecule has 0 aliphatic carbocycles. The van der Waals surface area contributed by atoms with Crippen molar-refractivity contribution in [2.24, 2.45) is 5.73 Å². The highest BCUT2D eigenvalue weighted by molar-refractivity contribution is 7.08. The maximum atomic E-state index is 12.6. The molecule has 0 radical (unpaired) electrons. The van der Waals surface area contributed by atoms with Crippen molar-refractivity contribution in [1.29, 1.82) is 0 Å². The topological polar surface area (TPSA) is 94.1 Å². The number of hydrogen-bond donors (Lipinski definition) is 1. The Hall–Kier alpha value is -2.22. The van der Waals surface area contributed by atoms with Crippen molar-refractivity contribution in [3.05, 3.63) is 34.0 Å². The second kappa shape index (κ2) is 5.88.